The van der Waals surface area contributed by atoms with Gasteiger partial charge in [0.1, 0.15) is 11.7 Å². The lowest BCUT2D eigenvalue weighted by atomic mass is 10.1. The molecule has 3 N–H and O–H groups in total. The molecule has 0 radical (unpaired) electrons. The van der Waals surface area contributed by atoms with Crippen molar-refractivity contribution in [1.29, 1.82) is 0 Å². The molecule has 0 heterocycles. The Morgan fingerprint density at radius 1 is 1.55 bits per heavy atom. The zero-order chi connectivity index (χ0) is 15.3. The van der Waals surface area contributed by atoms with Gasteiger partial charge in [-0.2, -0.15) is 0 Å². The number of oxime groups is 1. The fourth-order valence-corrected chi connectivity index (χ4v) is 2.03. The summed E-state index contributed by atoms with van der Waals surface area (Å²) in [6.07, 6.45) is 0.221. The lowest BCUT2D eigenvalue weighted by Crippen LogP contribution is -2.39. The van der Waals surface area contributed by atoms with Gasteiger partial charge in [0.15, 0.2) is 0 Å². The Balaban J connectivity index is 2.94. The normalized spacial score (nSPS) is 11.8. The summed E-state index contributed by atoms with van der Waals surface area (Å²) in [7, 11) is 0. The van der Waals surface area contributed by atoms with E-state index in [-0.39, 0.29) is 30.4 Å². The van der Waals surface area contributed by atoms with Crippen LogP contribution in [0.25, 0.3) is 0 Å². The maximum Gasteiger partial charge on any atom is 0.257 e. The number of hydrogen-bond acceptors (Lipinski definition) is 3. The van der Waals surface area contributed by atoms with Crippen molar-refractivity contribution in [2.45, 2.75) is 26.3 Å². The number of amides is 1. The molecule has 1 amide bonds. The van der Waals surface area contributed by atoms with Crippen molar-refractivity contribution in [2.75, 3.05) is 6.54 Å². The minimum Gasteiger partial charge on any atom is -0.409 e. The highest BCUT2D eigenvalue weighted by Gasteiger charge is 2.21. The summed E-state index contributed by atoms with van der Waals surface area (Å²) in [5, 5.41) is 11.4. The molecule has 1 aromatic rings. The van der Waals surface area contributed by atoms with Crippen LogP contribution in [0.1, 0.15) is 30.6 Å². The van der Waals surface area contributed by atoms with E-state index in [4.69, 9.17) is 10.9 Å². The fraction of sp³-hybridized carbons (Fsp3) is 0.385. The molecular weight excluding hydrogens is 329 g/mol. The highest BCUT2D eigenvalue weighted by atomic mass is 79.9. The third-order valence-electron chi connectivity index (χ3n) is 2.78. The van der Waals surface area contributed by atoms with Crippen molar-refractivity contribution < 1.29 is 14.4 Å². The molecule has 0 spiro atoms. The molecule has 0 saturated carbocycles. The van der Waals surface area contributed by atoms with Crippen molar-refractivity contribution in [2.24, 2.45) is 10.9 Å². The molecule has 1 aromatic carbocycles. The van der Waals surface area contributed by atoms with Gasteiger partial charge in [0.05, 0.1) is 5.56 Å². The number of carbonyl (C=O) groups excluding carboxylic acids is 1. The number of nitrogens with zero attached hydrogens (tertiary/aromatic N) is 2. The average molecular weight is 346 g/mol. The predicted molar refractivity (Wildman–Crippen MR) is 78.3 cm³/mol. The van der Waals surface area contributed by atoms with E-state index in [0.717, 1.165) is 0 Å². The quantitative estimate of drug-likeness (QED) is 0.372. The van der Waals surface area contributed by atoms with Crippen LogP contribution >= 0.6 is 15.9 Å². The molecule has 0 aliphatic heterocycles. The summed E-state index contributed by atoms with van der Waals surface area (Å²) >= 11 is 3.15. The molecule has 0 aromatic heterocycles. The van der Waals surface area contributed by atoms with Crippen LogP contribution in [0.3, 0.4) is 0 Å². The molecule has 0 aliphatic rings. The number of halogens is 2. The van der Waals surface area contributed by atoms with Crippen LogP contribution in [0.2, 0.25) is 0 Å². The van der Waals surface area contributed by atoms with Crippen LogP contribution in [0.5, 0.6) is 0 Å². The second kappa shape index (κ2) is 7.23. The molecule has 7 heteroatoms. The van der Waals surface area contributed by atoms with Crippen LogP contribution in [0.15, 0.2) is 27.8 Å². The van der Waals surface area contributed by atoms with Crippen molar-refractivity contribution in [3.05, 3.63) is 34.1 Å². The minimum absolute atomic E-state index is 0.00130. The van der Waals surface area contributed by atoms with Crippen molar-refractivity contribution in [3.8, 4) is 0 Å². The Morgan fingerprint density at radius 2 is 2.20 bits per heavy atom. The van der Waals surface area contributed by atoms with Gasteiger partial charge in [0.2, 0.25) is 0 Å². The van der Waals surface area contributed by atoms with Crippen LogP contribution in [0.4, 0.5) is 4.39 Å². The summed E-state index contributed by atoms with van der Waals surface area (Å²) < 4.78 is 14.4. The molecule has 0 bridgehead atoms. The zero-order valence-electron chi connectivity index (χ0n) is 11.3. The van der Waals surface area contributed by atoms with E-state index in [1.54, 1.807) is 6.07 Å². The topological polar surface area (TPSA) is 78.9 Å². The number of nitrogens with two attached hydrogens (primary N) is 1. The van der Waals surface area contributed by atoms with E-state index < -0.39 is 11.7 Å². The number of rotatable bonds is 5. The number of benzene rings is 1. The summed E-state index contributed by atoms with van der Waals surface area (Å²) in [4.78, 5) is 13.8. The lowest BCUT2D eigenvalue weighted by molar-refractivity contribution is 0.0706. The first-order valence-corrected chi connectivity index (χ1v) is 6.88. The monoisotopic (exact) mass is 345 g/mol. The third kappa shape index (κ3) is 4.19. The van der Waals surface area contributed by atoms with Gasteiger partial charge in [0, 0.05) is 23.5 Å². The third-order valence-corrected chi connectivity index (χ3v) is 3.28. The summed E-state index contributed by atoms with van der Waals surface area (Å²) in [5.74, 6) is -0.978. The van der Waals surface area contributed by atoms with E-state index in [2.05, 4.69) is 21.1 Å². The molecular formula is C13H17BrFN3O2. The molecule has 5 nitrogen and oxygen atoms in total. The van der Waals surface area contributed by atoms with Gasteiger partial charge in [-0.05, 0) is 32.0 Å². The molecule has 0 atom stereocenters. The molecule has 1 rings (SSSR count). The maximum absolute atomic E-state index is 13.8. The van der Waals surface area contributed by atoms with E-state index in [1.165, 1.54) is 17.0 Å². The largest absolute Gasteiger partial charge is 0.409 e. The SMILES string of the molecule is CC(C)N(CCC(N)=NO)C(=O)c1ccc(Br)cc1F. The molecule has 0 aliphatic carbocycles. The molecule has 0 unspecified atom stereocenters. The van der Waals surface area contributed by atoms with Gasteiger partial charge in [-0.15, -0.1) is 0 Å². The van der Waals surface area contributed by atoms with E-state index in [1.807, 2.05) is 13.8 Å². The number of amidine groups is 1. The summed E-state index contributed by atoms with van der Waals surface area (Å²) in [6.45, 7) is 3.89. The van der Waals surface area contributed by atoms with Crippen LogP contribution < -0.4 is 5.73 Å². The van der Waals surface area contributed by atoms with Gasteiger partial charge in [0.25, 0.3) is 5.91 Å². The highest BCUT2D eigenvalue weighted by Crippen LogP contribution is 2.18. The molecule has 0 fully saturated rings. The first-order chi connectivity index (χ1) is 9.36. The summed E-state index contributed by atoms with van der Waals surface area (Å²) in [5.41, 5.74) is 5.39. The molecule has 20 heavy (non-hydrogen) atoms. The van der Waals surface area contributed by atoms with Gasteiger partial charge in [-0.25, -0.2) is 4.39 Å². The van der Waals surface area contributed by atoms with Crippen molar-refractivity contribution in [1.82, 2.24) is 4.90 Å². The van der Waals surface area contributed by atoms with E-state index in [9.17, 15) is 9.18 Å². The zero-order valence-corrected chi connectivity index (χ0v) is 12.9. The maximum atomic E-state index is 13.8. The van der Waals surface area contributed by atoms with Gasteiger partial charge in [-0.1, -0.05) is 21.1 Å². The van der Waals surface area contributed by atoms with Crippen LogP contribution in [0, 0.1) is 5.82 Å². The van der Waals surface area contributed by atoms with Crippen molar-refractivity contribution in [3.63, 3.8) is 0 Å². The van der Waals surface area contributed by atoms with Crippen molar-refractivity contribution >= 4 is 27.7 Å². The Bertz CT molecular complexity index is 520. The Kier molecular flexibility index (Phi) is 5.94. The number of carbonyl (C=O) groups is 1. The second-order valence-electron chi connectivity index (χ2n) is 4.56. The van der Waals surface area contributed by atoms with Crippen LogP contribution in [-0.4, -0.2) is 34.4 Å². The first kappa shape index (κ1) is 16.4. The second-order valence-corrected chi connectivity index (χ2v) is 5.47. The lowest BCUT2D eigenvalue weighted by Gasteiger charge is -2.26. The Hall–Kier alpha value is -1.63. The molecule has 110 valence electrons. The molecule has 0 saturated heterocycles. The predicted octanol–water partition coefficient (Wildman–Crippen LogP) is 2.58. The highest BCUT2D eigenvalue weighted by molar-refractivity contribution is 9.10. The Labute approximate surface area is 125 Å². The first-order valence-electron chi connectivity index (χ1n) is 6.09. The summed E-state index contributed by atoms with van der Waals surface area (Å²) in [6, 6.07) is 4.16. The average Bonchev–Trinajstić information content (AvgIpc) is 2.37. The fourth-order valence-electron chi connectivity index (χ4n) is 1.70. The Morgan fingerprint density at radius 3 is 2.70 bits per heavy atom. The van der Waals surface area contributed by atoms with Gasteiger partial charge >= 0.3 is 0 Å². The minimum atomic E-state index is -0.584. The standard InChI is InChI=1S/C13H17BrFN3O2/c1-8(2)18(6-5-12(16)17-20)13(19)10-4-3-9(14)7-11(10)15/h3-4,7-8,20H,5-6H2,1-2H3,(H2,16,17). The number of hydrogen-bond donors (Lipinski definition) is 2. The van der Waals surface area contributed by atoms with Gasteiger partial charge < -0.3 is 15.8 Å². The van der Waals surface area contributed by atoms with Crippen LogP contribution in [-0.2, 0) is 0 Å². The van der Waals surface area contributed by atoms with E-state index >= 15 is 0 Å². The van der Waals surface area contributed by atoms with Gasteiger partial charge in [-0.3, -0.25) is 4.79 Å². The van der Waals surface area contributed by atoms with E-state index in [0.29, 0.717) is 4.47 Å². The smallest absolute Gasteiger partial charge is 0.257 e.